The van der Waals surface area contributed by atoms with Crippen LogP contribution in [0, 0.1) is 0 Å². The van der Waals surface area contributed by atoms with Gasteiger partial charge in [-0.05, 0) is 43.3 Å². The zero-order valence-corrected chi connectivity index (χ0v) is 16.7. The molecule has 2 aromatic rings. The molecule has 1 heterocycles. The van der Waals surface area contributed by atoms with Gasteiger partial charge in [-0.15, -0.1) is 0 Å². The molecule has 1 aromatic heterocycles. The van der Waals surface area contributed by atoms with Crippen molar-refractivity contribution in [3.8, 4) is 0 Å². The third-order valence-electron chi connectivity index (χ3n) is 3.44. The molecule has 0 aliphatic rings. The predicted octanol–water partition coefficient (Wildman–Crippen LogP) is 4.85. The number of rotatable bonds is 6. The fraction of sp³-hybridized carbons (Fsp3) is 0.412. The van der Waals surface area contributed by atoms with Crippen molar-refractivity contribution < 1.29 is 4.74 Å². The maximum absolute atomic E-state index is 6.12. The van der Waals surface area contributed by atoms with Crippen LogP contribution in [0.2, 0.25) is 5.02 Å². The lowest BCUT2D eigenvalue weighted by atomic mass is 10.1. The number of halogens is 1. The van der Waals surface area contributed by atoms with Crippen LogP contribution in [0.15, 0.2) is 34.2 Å². The van der Waals surface area contributed by atoms with Gasteiger partial charge >= 0.3 is 0 Å². The maximum atomic E-state index is 6.12. The Morgan fingerprint density at radius 1 is 1.46 bits per heavy atom. The summed E-state index contributed by atoms with van der Waals surface area (Å²) in [5.74, 6) is 1.19. The van der Waals surface area contributed by atoms with Crippen molar-refractivity contribution in [3.63, 3.8) is 0 Å². The van der Waals surface area contributed by atoms with E-state index in [0.29, 0.717) is 17.7 Å². The topological polar surface area (TPSA) is 39.1 Å². The summed E-state index contributed by atoms with van der Waals surface area (Å²) in [5, 5.41) is 5.05. The molecule has 1 aromatic carbocycles. The van der Waals surface area contributed by atoms with Gasteiger partial charge in [0.15, 0.2) is 0 Å². The maximum Gasteiger partial charge on any atom is 0.256 e. The number of benzene rings is 1. The number of nitrogens with zero attached hydrogens (tertiary/aromatic N) is 2. The Balaban J connectivity index is 2.36. The van der Waals surface area contributed by atoms with Gasteiger partial charge in [0, 0.05) is 23.5 Å². The molecule has 7 heteroatoms. The Morgan fingerprint density at radius 3 is 2.79 bits per heavy atom. The van der Waals surface area contributed by atoms with E-state index in [1.807, 2.05) is 18.2 Å². The number of nitrogens with one attached hydrogen (secondary N) is 1. The summed E-state index contributed by atoms with van der Waals surface area (Å²) in [7, 11) is 1.74. The van der Waals surface area contributed by atoms with Crippen LogP contribution in [-0.2, 0) is 17.9 Å². The third kappa shape index (κ3) is 4.65. The van der Waals surface area contributed by atoms with Crippen LogP contribution in [0.1, 0.15) is 38.2 Å². The number of imidazole rings is 1. The normalized spacial score (nSPS) is 10.9. The van der Waals surface area contributed by atoms with E-state index < -0.39 is 0 Å². The smallest absolute Gasteiger partial charge is 0.256 e. The van der Waals surface area contributed by atoms with E-state index in [1.54, 1.807) is 18.8 Å². The lowest BCUT2D eigenvalue weighted by molar-refractivity contribution is 0.272. The number of hydrogen-bond donors (Lipinski definition) is 1. The number of ether oxygens (including phenoxy) is 1. The predicted molar refractivity (Wildman–Crippen MR) is 104 cm³/mol. The average molecular weight is 384 g/mol. The summed E-state index contributed by atoms with van der Waals surface area (Å²) < 4.78 is 7.72. The van der Waals surface area contributed by atoms with E-state index in [-0.39, 0.29) is 0 Å². The Kier molecular flexibility index (Phi) is 6.95. The molecular formula is C17H22ClN3OS2. The highest BCUT2D eigenvalue weighted by atomic mass is 35.5. The molecule has 1 N–H and O–H groups in total. The first kappa shape index (κ1) is 19.1. The summed E-state index contributed by atoms with van der Waals surface area (Å²) in [5.41, 5.74) is 1.07. The highest BCUT2D eigenvalue weighted by molar-refractivity contribution is 7.99. The summed E-state index contributed by atoms with van der Waals surface area (Å²) in [4.78, 5) is 5.90. The van der Waals surface area contributed by atoms with Gasteiger partial charge in [0.2, 0.25) is 0 Å². The van der Waals surface area contributed by atoms with Crippen LogP contribution >= 0.6 is 35.6 Å². The van der Waals surface area contributed by atoms with Gasteiger partial charge in [-0.25, -0.2) is 4.98 Å². The molecule has 0 fully saturated rings. The van der Waals surface area contributed by atoms with E-state index in [2.05, 4.69) is 36.7 Å². The standard InChI is InChI=1S/C17H22ClN3OS2/c1-5-21-14(10-22-17(23)19-4)20-15(11(2)3)16(21)24-13-8-6-7-12(18)9-13/h6-9,11H,5,10H2,1-4H3,(H,19,23). The zero-order chi connectivity index (χ0) is 17.7. The van der Waals surface area contributed by atoms with E-state index in [4.69, 9.17) is 33.5 Å². The highest BCUT2D eigenvalue weighted by Gasteiger charge is 2.20. The molecule has 0 saturated carbocycles. The summed E-state index contributed by atoms with van der Waals surface area (Å²) in [6.45, 7) is 7.56. The first-order valence-corrected chi connectivity index (χ1v) is 9.43. The second-order valence-electron chi connectivity index (χ2n) is 5.50. The fourth-order valence-corrected chi connectivity index (χ4v) is 3.87. The van der Waals surface area contributed by atoms with Crippen LogP contribution < -0.4 is 5.32 Å². The minimum absolute atomic E-state index is 0.314. The third-order valence-corrected chi connectivity index (χ3v) is 5.11. The first-order valence-electron chi connectivity index (χ1n) is 7.83. The lowest BCUT2D eigenvalue weighted by Crippen LogP contribution is -2.19. The van der Waals surface area contributed by atoms with Crippen molar-refractivity contribution in [2.45, 2.75) is 49.8 Å². The van der Waals surface area contributed by atoms with Crippen LogP contribution in [0.25, 0.3) is 0 Å². The fourth-order valence-electron chi connectivity index (χ4n) is 2.27. The van der Waals surface area contributed by atoms with Crippen molar-refractivity contribution in [2.24, 2.45) is 0 Å². The Labute approximate surface area is 157 Å². The first-order chi connectivity index (χ1) is 11.5. The SMILES string of the molecule is CCn1c(COC(=S)NC)nc(C(C)C)c1Sc1cccc(Cl)c1. The molecule has 0 radical (unpaired) electrons. The molecule has 0 atom stereocenters. The molecule has 4 nitrogen and oxygen atoms in total. The van der Waals surface area contributed by atoms with E-state index in [1.165, 1.54) is 0 Å². The number of aromatic nitrogens is 2. The minimum atomic E-state index is 0.314. The van der Waals surface area contributed by atoms with Gasteiger partial charge in [-0.2, -0.15) is 0 Å². The summed E-state index contributed by atoms with van der Waals surface area (Å²) >= 11 is 12.9. The number of hydrogen-bond acceptors (Lipinski definition) is 4. The molecular weight excluding hydrogens is 362 g/mol. The number of thiocarbonyl (C=S) groups is 1. The van der Waals surface area contributed by atoms with Crippen molar-refractivity contribution in [3.05, 3.63) is 40.8 Å². The van der Waals surface area contributed by atoms with Crippen LogP contribution in [0.5, 0.6) is 0 Å². The second kappa shape index (κ2) is 8.74. The van der Waals surface area contributed by atoms with Crippen molar-refractivity contribution in [2.75, 3.05) is 7.05 Å². The molecule has 130 valence electrons. The lowest BCUT2D eigenvalue weighted by Gasteiger charge is -2.12. The monoisotopic (exact) mass is 383 g/mol. The van der Waals surface area contributed by atoms with Crippen molar-refractivity contribution >= 4 is 40.8 Å². The quantitative estimate of drug-likeness (QED) is 0.721. The Bertz CT molecular complexity index is 716. The van der Waals surface area contributed by atoms with Gasteiger partial charge in [-0.1, -0.05) is 43.3 Å². The van der Waals surface area contributed by atoms with Gasteiger partial charge in [0.05, 0.1) is 5.69 Å². The van der Waals surface area contributed by atoms with Crippen molar-refractivity contribution in [1.29, 1.82) is 0 Å². The average Bonchev–Trinajstić information content (AvgIpc) is 2.90. The largest absolute Gasteiger partial charge is 0.463 e. The molecule has 0 bridgehead atoms. The Morgan fingerprint density at radius 2 is 2.21 bits per heavy atom. The van der Waals surface area contributed by atoms with Crippen molar-refractivity contribution in [1.82, 2.24) is 14.9 Å². The highest BCUT2D eigenvalue weighted by Crippen LogP contribution is 2.35. The van der Waals surface area contributed by atoms with Gasteiger partial charge in [-0.3, -0.25) is 0 Å². The van der Waals surface area contributed by atoms with Crippen LogP contribution in [-0.4, -0.2) is 21.8 Å². The molecule has 0 amide bonds. The molecule has 0 aliphatic heterocycles. The zero-order valence-electron chi connectivity index (χ0n) is 14.3. The minimum Gasteiger partial charge on any atom is -0.463 e. The molecule has 2 rings (SSSR count). The molecule has 0 saturated heterocycles. The molecule has 24 heavy (non-hydrogen) atoms. The molecule has 0 aliphatic carbocycles. The van der Waals surface area contributed by atoms with E-state index in [0.717, 1.165) is 33.0 Å². The van der Waals surface area contributed by atoms with Gasteiger partial charge in [0.25, 0.3) is 5.17 Å². The van der Waals surface area contributed by atoms with Gasteiger partial charge in [0.1, 0.15) is 17.5 Å². The second-order valence-corrected chi connectivity index (χ2v) is 7.37. The van der Waals surface area contributed by atoms with Gasteiger partial charge < -0.3 is 14.6 Å². The Hall–Kier alpha value is -1.24. The summed E-state index contributed by atoms with van der Waals surface area (Å²) in [6, 6.07) is 7.86. The van der Waals surface area contributed by atoms with E-state index in [9.17, 15) is 0 Å². The molecule has 0 unspecified atom stereocenters. The molecule has 0 spiro atoms. The van der Waals surface area contributed by atoms with Crippen LogP contribution in [0.4, 0.5) is 0 Å². The van der Waals surface area contributed by atoms with Crippen LogP contribution in [0.3, 0.4) is 0 Å². The summed E-state index contributed by atoms with van der Waals surface area (Å²) in [6.07, 6.45) is 0. The van der Waals surface area contributed by atoms with E-state index >= 15 is 0 Å².